The average molecular weight is 525 g/mol. The normalized spacial score (nSPS) is 12.0. The average Bonchev–Trinajstić information content (AvgIpc) is 3.30. The van der Waals surface area contributed by atoms with E-state index in [4.69, 9.17) is 9.47 Å². The first kappa shape index (κ1) is 21.6. The Labute approximate surface area is 200 Å². The molecule has 0 aliphatic rings. The monoisotopic (exact) mass is 524 g/mol. The first-order valence-electron chi connectivity index (χ1n) is 10.3. The van der Waals surface area contributed by atoms with Crippen molar-refractivity contribution >= 4 is 49.3 Å². The van der Waals surface area contributed by atoms with Crippen molar-refractivity contribution in [2.75, 3.05) is 6.61 Å². The molecule has 0 aliphatic heterocycles. The van der Waals surface area contributed by atoms with Gasteiger partial charge in [0.2, 0.25) is 0 Å². The maximum absolute atomic E-state index is 14.0. The zero-order valence-corrected chi connectivity index (χ0v) is 20.0. The minimum atomic E-state index is -0.324. The standard InChI is InChI=1S/C25H18BrFN2O3S/c1-2-31-21-12-15(11-17(26)23(21)32-14-16-7-3-4-8-18(16)27)13-22-24(30)29-20-10-6-5-9-19(20)28-25(29)33-22/h3-13H,2,14H2,1H3/b22-13-. The second-order valence-electron chi connectivity index (χ2n) is 7.28. The molecule has 5 nitrogen and oxygen atoms in total. The van der Waals surface area contributed by atoms with Crippen molar-refractivity contribution in [1.29, 1.82) is 0 Å². The summed E-state index contributed by atoms with van der Waals surface area (Å²) in [5, 5.41) is 0. The van der Waals surface area contributed by atoms with E-state index in [0.717, 1.165) is 16.6 Å². The molecule has 0 aliphatic carbocycles. The molecule has 0 saturated heterocycles. The van der Waals surface area contributed by atoms with Crippen molar-refractivity contribution in [3.05, 3.63) is 97.0 Å². The lowest BCUT2D eigenvalue weighted by atomic mass is 10.2. The molecule has 5 aromatic rings. The van der Waals surface area contributed by atoms with E-state index in [1.54, 1.807) is 22.6 Å². The van der Waals surface area contributed by atoms with Crippen LogP contribution in [0.25, 0.3) is 22.1 Å². The van der Waals surface area contributed by atoms with Crippen LogP contribution in [0.3, 0.4) is 0 Å². The van der Waals surface area contributed by atoms with Gasteiger partial charge in [-0.2, -0.15) is 0 Å². The fourth-order valence-corrected chi connectivity index (χ4v) is 5.16. The molecule has 2 aromatic heterocycles. The summed E-state index contributed by atoms with van der Waals surface area (Å²) < 4.78 is 28.5. The van der Waals surface area contributed by atoms with Crippen LogP contribution < -0.4 is 19.6 Å². The summed E-state index contributed by atoms with van der Waals surface area (Å²) in [6, 6.07) is 17.7. The quantitative estimate of drug-likeness (QED) is 0.301. The molecule has 0 bridgehead atoms. The molecule has 0 saturated carbocycles. The highest BCUT2D eigenvalue weighted by Gasteiger charge is 2.15. The van der Waals surface area contributed by atoms with Crippen LogP contribution in [0.2, 0.25) is 0 Å². The van der Waals surface area contributed by atoms with Gasteiger partial charge in [0.15, 0.2) is 16.5 Å². The molecule has 5 rings (SSSR count). The predicted molar refractivity (Wildman–Crippen MR) is 132 cm³/mol. The van der Waals surface area contributed by atoms with E-state index in [0.29, 0.717) is 37.6 Å². The highest BCUT2D eigenvalue weighted by molar-refractivity contribution is 9.10. The van der Waals surface area contributed by atoms with Gasteiger partial charge in [-0.1, -0.05) is 41.7 Å². The van der Waals surface area contributed by atoms with E-state index >= 15 is 0 Å². The van der Waals surface area contributed by atoms with Gasteiger partial charge >= 0.3 is 0 Å². The minimum absolute atomic E-state index is 0.0638. The van der Waals surface area contributed by atoms with Gasteiger partial charge in [0, 0.05) is 5.56 Å². The van der Waals surface area contributed by atoms with Crippen molar-refractivity contribution in [3.63, 3.8) is 0 Å². The highest BCUT2D eigenvalue weighted by Crippen LogP contribution is 2.38. The number of thiazole rings is 1. The number of benzene rings is 3. The van der Waals surface area contributed by atoms with Gasteiger partial charge in [-0.25, -0.2) is 13.8 Å². The highest BCUT2D eigenvalue weighted by atomic mass is 79.9. The van der Waals surface area contributed by atoms with E-state index in [1.807, 2.05) is 49.4 Å². The first-order chi connectivity index (χ1) is 16.0. The number of imidazole rings is 1. The number of para-hydroxylation sites is 2. The number of ether oxygens (including phenoxy) is 2. The van der Waals surface area contributed by atoms with Crippen LogP contribution in [-0.2, 0) is 6.61 Å². The van der Waals surface area contributed by atoms with E-state index in [2.05, 4.69) is 20.9 Å². The molecule has 0 unspecified atom stereocenters. The SMILES string of the molecule is CCOc1cc(/C=c2\sc3nc4ccccc4n3c2=O)cc(Br)c1OCc1ccccc1F. The van der Waals surface area contributed by atoms with Gasteiger partial charge in [0.1, 0.15) is 12.4 Å². The summed E-state index contributed by atoms with van der Waals surface area (Å²) in [6.07, 6.45) is 1.81. The Hall–Kier alpha value is -3.23. The molecular formula is C25H18BrFN2O3S. The van der Waals surface area contributed by atoms with Gasteiger partial charge in [-0.05, 0) is 64.8 Å². The lowest BCUT2D eigenvalue weighted by Gasteiger charge is -2.15. The van der Waals surface area contributed by atoms with Gasteiger partial charge in [0.05, 0.1) is 26.6 Å². The maximum atomic E-state index is 14.0. The van der Waals surface area contributed by atoms with Crippen LogP contribution in [0, 0.1) is 5.82 Å². The molecule has 0 amide bonds. The third kappa shape index (κ3) is 4.12. The summed E-state index contributed by atoms with van der Waals surface area (Å²) in [5.41, 5.74) is 2.70. The second-order valence-corrected chi connectivity index (χ2v) is 9.14. The Kier molecular flexibility index (Phi) is 5.86. The molecule has 0 radical (unpaired) electrons. The molecule has 8 heteroatoms. The number of halogens is 2. The van der Waals surface area contributed by atoms with Crippen LogP contribution in [0.5, 0.6) is 11.5 Å². The van der Waals surface area contributed by atoms with Gasteiger partial charge in [-0.15, -0.1) is 0 Å². The molecule has 0 spiro atoms. The van der Waals surface area contributed by atoms with Crippen LogP contribution in [0.1, 0.15) is 18.1 Å². The summed E-state index contributed by atoms with van der Waals surface area (Å²) >= 11 is 4.88. The Balaban J connectivity index is 1.54. The van der Waals surface area contributed by atoms with Crippen LogP contribution in [0.15, 0.2) is 69.9 Å². The summed E-state index contributed by atoms with van der Waals surface area (Å²) in [4.78, 5) is 18.3. The second kappa shape index (κ2) is 8.96. The minimum Gasteiger partial charge on any atom is -0.490 e. The molecule has 0 atom stereocenters. The third-order valence-corrected chi connectivity index (χ3v) is 6.66. The zero-order chi connectivity index (χ0) is 22.9. The maximum Gasteiger partial charge on any atom is 0.274 e. The number of hydrogen-bond acceptors (Lipinski definition) is 5. The number of nitrogens with zero attached hydrogens (tertiary/aromatic N) is 2. The molecule has 2 heterocycles. The van der Waals surface area contributed by atoms with Gasteiger partial charge < -0.3 is 9.47 Å². The molecular weight excluding hydrogens is 507 g/mol. The van der Waals surface area contributed by atoms with Crippen molar-refractivity contribution in [3.8, 4) is 11.5 Å². The summed E-state index contributed by atoms with van der Waals surface area (Å²) in [7, 11) is 0. The molecule has 0 fully saturated rings. The lowest BCUT2D eigenvalue weighted by Crippen LogP contribution is -2.22. The van der Waals surface area contributed by atoms with E-state index in [9.17, 15) is 9.18 Å². The van der Waals surface area contributed by atoms with Crippen LogP contribution >= 0.6 is 27.3 Å². The number of aromatic nitrogens is 2. The summed E-state index contributed by atoms with van der Waals surface area (Å²) in [6.45, 7) is 2.37. The zero-order valence-electron chi connectivity index (χ0n) is 17.5. The van der Waals surface area contributed by atoms with E-state index < -0.39 is 0 Å². The Bertz CT molecular complexity index is 1600. The van der Waals surface area contributed by atoms with Crippen LogP contribution in [-0.4, -0.2) is 16.0 Å². The van der Waals surface area contributed by atoms with Crippen molar-refractivity contribution in [2.24, 2.45) is 0 Å². The Morgan fingerprint density at radius 1 is 1.12 bits per heavy atom. The van der Waals surface area contributed by atoms with Gasteiger partial charge in [0.25, 0.3) is 5.56 Å². The fourth-order valence-electron chi connectivity index (χ4n) is 3.60. The largest absolute Gasteiger partial charge is 0.490 e. The molecule has 0 N–H and O–H groups in total. The molecule has 33 heavy (non-hydrogen) atoms. The smallest absolute Gasteiger partial charge is 0.274 e. The fraction of sp³-hybridized carbons (Fsp3) is 0.120. The van der Waals surface area contributed by atoms with Crippen molar-refractivity contribution < 1.29 is 13.9 Å². The summed E-state index contributed by atoms with van der Waals surface area (Å²) in [5.74, 6) is 0.662. The van der Waals surface area contributed by atoms with E-state index in [-0.39, 0.29) is 18.0 Å². The van der Waals surface area contributed by atoms with E-state index in [1.165, 1.54) is 17.4 Å². The first-order valence-corrected chi connectivity index (χ1v) is 11.9. The van der Waals surface area contributed by atoms with Crippen LogP contribution in [0.4, 0.5) is 4.39 Å². The molecule has 166 valence electrons. The van der Waals surface area contributed by atoms with Gasteiger partial charge in [-0.3, -0.25) is 4.79 Å². The Morgan fingerprint density at radius 2 is 1.91 bits per heavy atom. The number of hydrogen-bond donors (Lipinski definition) is 0. The topological polar surface area (TPSA) is 52.8 Å². The van der Waals surface area contributed by atoms with Crippen molar-refractivity contribution in [2.45, 2.75) is 13.5 Å². The predicted octanol–water partition coefficient (Wildman–Crippen LogP) is 5.34. The number of fused-ring (bicyclic) bond motifs is 3. The Morgan fingerprint density at radius 3 is 2.73 bits per heavy atom. The van der Waals surface area contributed by atoms with Crippen molar-refractivity contribution in [1.82, 2.24) is 9.38 Å². The third-order valence-electron chi connectivity index (χ3n) is 5.10. The lowest BCUT2D eigenvalue weighted by molar-refractivity contribution is 0.264. The number of rotatable bonds is 6. The molecule has 3 aromatic carbocycles.